The van der Waals surface area contributed by atoms with E-state index in [0.717, 1.165) is 11.2 Å². The molecular weight excluding hydrogens is 271 g/mol. The predicted molar refractivity (Wildman–Crippen MR) is 72.9 cm³/mol. The second-order valence-electron chi connectivity index (χ2n) is 3.87. The van der Waals surface area contributed by atoms with E-state index in [0.29, 0.717) is 21.6 Å². The quantitative estimate of drug-likeness (QED) is 0.743. The van der Waals surface area contributed by atoms with Crippen molar-refractivity contribution in [3.05, 3.63) is 46.6 Å². The fourth-order valence-electron chi connectivity index (χ4n) is 1.79. The van der Waals surface area contributed by atoms with Gasteiger partial charge >= 0.3 is 0 Å². The Morgan fingerprint density at radius 2 is 1.72 bits per heavy atom. The Kier molecular flexibility index (Phi) is 2.61. The molecule has 2 aromatic heterocycles. The molecule has 0 spiro atoms. The summed E-state index contributed by atoms with van der Waals surface area (Å²) in [6, 6.07) is 8.82. The zero-order chi connectivity index (χ0) is 12.7. The van der Waals surface area contributed by atoms with Crippen LogP contribution in [0.15, 0.2) is 36.5 Å². The number of pyridine rings is 1. The third-order valence-corrected chi connectivity index (χ3v) is 2.98. The van der Waals surface area contributed by atoms with Crippen molar-refractivity contribution in [1.82, 2.24) is 14.6 Å². The molecule has 2 heterocycles. The molecule has 0 radical (unpaired) electrons. The second kappa shape index (κ2) is 4.15. The van der Waals surface area contributed by atoms with Crippen LogP contribution in [0.1, 0.15) is 0 Å². The Balaban J connectivity index is 2.27. The molecule has 1 aromatic carbocycles. The zero-order valence-corrected chi connectivity index (χ0v) is 10.7. The molecule has 18 heavy (non-hydrogen) atoms. The number of benzene rings is 1. The van der Waals surface area contributed by atoms with Crippen LogP contribution in [0.3, 0.4) is 0 Å². The summed E-state index contributed by atoms with van der Waals surface area (Å²) in [5, 5.41) is 9.30. The van der Waals surface area contributed by atoms with Crippen molar-refractivity contribution in [2.75, 3.05) is 5.73 Å². The SMILES string of the molecule is Nc1ccc2nnc(-c3cc(Cl)cc(Cl)c3)n2c1. The molecule has 0 atom stereocenters. The van der Waals surface area contributed by atoms with Gasteiger partial charge in [-0.15, -0.1) is 10.2 Å². The van der Waals surface area contributed by atoms with E-state index in [4.69, 9.17) is 28.9 Å². The van der Waals surface area contributed by atoms with Gasteiger partial charge in [0.05, 0.1) is 0 Å². The van der Waals surface area contributed by atoms with Crippen LogP contribution in [-0.4, -0.2) is 14.6 Å². The molecule has 4 nitrogen and oxygen atoms in total. The maximum absolute atomic E-state index is 5.98. The number of hydrogen-bond donors (Lipinski definition) is 1. The zero-order valence-electron chi connectivity index (χ0n) is 9.14. The highest BCUT2D eigenvalue weighted by Gasteiger charge is 2.09. The van der Waals surface area contributed by atoms with Crippen LogP contribution >= 0.6 is 23.2 Å². The van der Waals surface area contributed by atoms with Crippen molar-refractivity contribution in [2.45, 2.75) is 0 Å². The van der Waals surface area contributed by atoms with E-state index in [2.05, 4.69) is 10.2 Å². The van der Waals surface area contributed by atoms with Crippen molar-refractivity contribution in [3.8, 4) is 11.4 Å². The maximum Gasteiger partial charge on any atom is 0.168 e. The molecule has 0 aliphatic rings. The van der Waals surface area contributed by atoms with Crippen molar-refractivity contribution in [1.29, 1.82) is 0 Å². The maximum atomic E-state index is 5.98. The number of halogens is 2. The fourth-order valence-corrected chi connectivity index (χ4v) is 2.31. The summed E-state index contributed by atoms with van der Waals surface area (Å²) in [5.41, 5.74) is 7.91. The van der Waals surface area contributed by atoms with Crippen LogP contribution in [0.5, 0.6) is 0 Å². The number of fused-ring (bicyclic) bond motifs is 1. The lowest BCUT2D eigenvalue weighted by molar-refractivity contribution is 1.11. The summed E-state index contributed by atoms with van der Waals surface area (Å²) in [6.07, 6.45) is 1.76. The molecule has 0 unspecified atom stereocenters. The molecule has 3 aromatic rings. The van der Waals surface area contributed by atoms with E-state index >= 15 is 0 Å². The minimum Gasteiger partial charge on any atom is -0.398 e. The Hall–Kier alpha value is -1.78. The molecule has 0 amide bonds. The highest BCUT2D eigenvalue weighted by atomic mass is 35.5. The van der Waals surface area contributed by atoms with Gasteiger partial charge in [0.25, 0.3) is 0 Å². The van der Waals surface area contributed by atoms with Gasteiger partial charge in [0.1, 0.15) is 0 Å². The Morgan fingerprint density at radius 1 is 1.00 bits per heavy atom. The second-order valence-corrected chi connectivity index (χ2v) is 4.75. The van der Waals surface area contributed by atoms with Gasteiger partial charge in [-0.3, -0.25) is 4.40 Å². The summed E-state index contributed by atoms with van der Waals surface area (Å²) < 4.78 is 1.80. The number of nitrogens with two attached hydrogens (primary N) is 1. The number of anilines is 1. The first-order chi connectivity index (χ1) is 8.63. The van der Waals surface area contributed by atoms with Gasteiger partial charge < -0.3 is 5.73 Å². The lowest BCUT2D eigenvalue weighted by Gasteiger charge is -2.02. The molecule has 0 aliphatic heterocycles. The predicted octanol–water partition coefficient (Wildman–Crippen LogP) is 3.29. The van der Waals surface area contributed by atoms with Crippen LogP contribution in [0.2, 0.25) is 10.0 Å². The van der Waals surface area contributed by atoms with Crippen molar-refractivity contribution >= 4 is 34.5 Å². The molecular formula is C12H8Cl2N4. The van der Waals surface area contributed by atoms with E-state index in [9.17, 15) is 0 Å². The highest BCUT2D eigenvalue weighted by molar-refractivity contribution is 6.35. The first kappa shape index (κ1) is 11.3. The molecule has 0 bridgehead atoms. The Morgan fingerprint density at radius 3 is 2.44 bits per heavy atom. The van der Waals surface area contributed by atoms with Crippen LogP contribution in [0.25, 0.3) is 17.0 Å². The summed E-state index contributed by atoms with van der Waals surface area (Å²) >= 11 is 12.0. The summed E-state index contributed by atoms with van der Waals surface area (Å²) in [6.45, 7) is 0. The van der Waals surface area contributed by atoms with E-state index < -0.39 is 0 Å². The number of rotatable bonds is 1. The molecule has 0 fully saturated rings. The van der Waals surface area contributed by atoms with Crippen molar-refractivity contribution in [3.63, 3.8) is 0 Å². The lowest BCUT2D eigenvalue weighted by Crippen LogP contribution is -1.93. The monoisotopic (exact) mass is 278 g/mol. The van der Waals surface area contributed by atoms with Crippen LogP contribution in [0.4, 0.5) is 5.69 Å². The molecule has 0 saturated carbocycles. The molecule has 6 heteroatoms. The molecule has 0 aliphatic carbocycles. The van der Waals surface area contributed by atoms with Gasteiger partial charge in [-0.2, -0.15) is 0 Å². The third kappa shape index (κ3) is 1.89. The molecule has 2 N–H and O–H groups in total. The molecule has 90 valence electrons. The van der Waals surface area contributed by atoms with E-state index in [-0.39, 0.29) is 0 Å². The number of nitrogen functional groups attached to an aromatic ring is 1. The minimum absolute atomic E-state index is 0.554. The van der Waals surface area contributed by atoms with Crippen molar-refractivity contribution < 1.29 is 0 Å². The first-order valence-corrected chi connectivity index (χ1v) is 5.96. The summed E-state index contributed by atoms with van der Waals surface area (Å²) in [4.78, 5) is 0. The Bertz CT molecular complexity index is 716. The highest BCUT2D eigenvalue weighted by Crippen LogP contribution is 2.26. The summed E-state index contributed by atoms with van der Waals surface area (Å²) in [5.74, 6) is 0.654. The number of aromatic nitrogens is 3. The summed E-state index contributed by atoms with van der Waals surface area (Å²) in [7, 11) is 0. The van der Waals surface area contributed by atoms with E-state index in [1.807, 2.05) is 0 Å². The van der Waals surface area contributed by atoms with Crippen molar-refractivity contribution in [2.24, 2.45) is 0 Å². The normalized spacial score (nSPS) is 11.0. The number of hydrogen-bond acceptors (Lipinski definition) is 3. The van der Waals surface area contributed by atoms with Crippen LogP contribution in [-0.2, 0) is 0 Å². The van der Waals surface area contributed by atoms with Gasteiger partial charge in [0.2, 0.25) is 0 Å². The lowest BCUT2D eigenvalue weighted by atomic mass is 10.2. The molecule has 3 rings (SSSR count). The van der Waals surface area contributed by atoms with Gasteiger partial charge in [-0.25, -0.2) is 0 Å². The van der Waals surface area contributed by atoms with Gasteiger partial charge in [-0.1, -0.05) is 23.2 Å². The topological polar surface area (TPSA) is 56.2 Å². The van der Waals surface area contributed by atoms with E-state index in [1.54, 1.807) is 40.9 Å². The standard InChI is InChI=1S/C12H8Cl2N4/c13-8-3-7(4-9(14)5-8)12-17-16-11-2-1-10(15)6-18(11)12/h1-6H,15H2. The van der Waals surface area contributed by atoms with E-state index in [1.165, 1.54) is 0 Å². The number of nitrogens with zero attached hydrogens (tertiary/aromatic N) is 3. The van der Waals surface area contributed by atoms with Gasteiger partial charge in [-0.05, 0) is 30.3 Å². The first-order valence-electron chi connectivity index (χ1n) is 5.20. The average Bonchev–Trinajstić information content (AvgIpc) is 2.70. The Labute approximate surface area is 113 Å². The van der Waals surface area contributed by atoms with Gasteiger partial charge in [0.15, 0.2) is 11.5 Å². The fraction of sp³-hybridized carbons (Fsp3) is 0. The minimum atomic E-state index is 0.554. The smallest absolute Gasteiger partial charge is 0.168 e. The van der Waals surface area contributed by atoms with Gasteiger partial charge in [0, 0.05) is 27.5 Å². The molecule has 0 saturated heterocycles. The average molecular weight is 279 g/mol. The van der Waals surface area contributed by atoms with Crippen LogP contribution in [0, 0.1) is 0 Å². The third-order valence-electron chi connectivity index (χ3n) is 2.55. The largest absolute Gasteiger partial charge is 0.398 e. The van der Waals surface area contributed by atoms with Crippen LogP contribution < -0.4 is 5.73 Å².